The Kier molecular flexibility index (Phi) is 10.8. The van der Waals surface area contributed by atoms with Crippen molar-refractivity contribution >= 4 is 46.3 Å². The zero-order valence-electron chi connectivity index (χ0n) is 31.2. The standard InChI is InChI=1S/C46H41N5O6/c52-43(39-18-10-26-50(39)45(54)56-29-31-12-4-1-5-13-31)47-35-22-20-34(21-23-35)42-41(33-16-8-3-9-17-33)37-28-36(24-25-38(37)49-42)48-44(53)40-19-11-27-51(40)46(55)57-30-32-14-6-2-7-15-32/h1-9,12-18,20-25,28,40,49H,10-11,19,26-27,29-30H2,(H,47,52)(H,48,53)/t40-/m0/s1. The van der Waals surface area contributed by atoms with E-state index in [9.17, 15) is 19.2 Å². The first-order valence-corrected chi connectivity index (χ1v) is 19.0. The van der Waals surface area contributed by atoms with Crippen molar-refractivity contribution < 1.29 is 28.7 Å². The maximum absolute atomic E-state index is 13.6. The predicted octanol–water partition coefficient (Wildman–Crippen LogP) is 9.11. The fraction of sp³-hybridized carbons (Fsp3) is 0.174. The maximum Gasteiger partial charge on any atom is 0.414 e. The first-order chi connectivity index (χ1) is 27.9. The van der Waals surface area contributed by atoms with E-state index in [4.69, 9.17) is 9.47 Å². The lowest BCUT2D eigenvalue weighted by atomic mass is 9.98. The zero-order chi connectivity index (χ0) is 39.1. The predicted molar refractivity (Wildman–Crippen MR) is 219 cm³/mol. The Morgan fingerprint density at radius 1 is 0.667 bits per heavy atom. The molecular formula is C46H41N5O6. The highest BCUT2D eigenvalue weighted by Gasteiger charge is 2.35. The molecule has 0 radical (unpaired) electrons. The summed E-state index contributed by atoms with van der Waals surface area (Å²) >= 11 is 0. The molecule has 1 saturated heterocycles. The number of hydrogen-bond acceptors (Lipinski definition) is 6. The Hall–Kier alpha value is -7.14. The molecule has 2 aliphatic rings. The van der Waals surface area contributed by atoms with Gasteiger partial charge in [0.2, 0.25) is 5.91 Å². The lowest BCUT2D eigenvalue weighted by Gasteiger charge is -2.23. The van der Waals surface area contributed by atoms with Gasteiger partial charge in [-0.05, 0) is 71.8 Å². The topological polar surface area (TPSA) is 133 Å². The van der Waals surface area contributed by atoms with Crippen LogP contribution in [0.2, 0.25) is 0 Å². The van der Waals surface area contributed by atoms with Crippen molar-refractivity contribution in [1.29, 1.82) is 0 Å². The van der Waals surface area contributed by atoms with Crippen LogP contribution in [0.25, 0.3) is 33.3 Å². The second-order valence-corrected chi connectivity index (χ2v) is 14.0. The molecule has 3 N–H and O–H groups in total. The molecule has 1 aromatic heterocycles. The van der Waals surface area contributed by atoms with Gasteiger partial charge in [0.15, 0.2) is 0 Å². The number of likely N-dealkylation sites (tertiary alicyclic amines) is 1. The van der Waals surface area contributed by atoms with Gasteiger partial charge in [-0.1, -0.05) is 109 Å². The average molecular weight is 760 g/mol. The van der Waals surface area contributed by atoms with E-state index in [0.29, 0.717) is 43.7 Å². The van der Waals surface area contributed by atoms with Crippen molar-refractivity contribution in [2.45, 2.75) is 38.5 Å². The SMILES string of the molecule is O=C(Nc1ccc(-c2[nH]c3ccc(NC(=O)[C@@H]4CCCN4C(=O)OCc4ccccc4)cc3c2-c2ccccc2)cc1)C1=CCCN1C(=O)OCc1ccccc1. The summed E-state index contributed by atoms with van der Waals surface area (Å²) in [5.74, 6) is -0.661. The van der Waals surface area contributed by atoms with Gasteiger partial charge in [0.1, 0.15) is 25.0 Å². The van der Waals surface area contributed by atoms with Crippen molar-refractivity contribution in [1.82, 2.24) is 14.8 Å². The molecule has 57 heavy (non-hydrogen) atoms. The summed E-state index contributed by atoms with van der Waals surface area (Å²) < 4.78 is 11.0. The summed E-state index contributed by atoms with van der Waals surface area (Å²) in [5.41, 5.74) is 7.74. The summed E-state index contributed by atoms with van der Waals surface area (Å²) in [6.45, 7) is 1.08. The molecule has 0 saturated carbocycles. The number of H-pyrrole nitrogens is 1. The third-order valence-electron chi connectivity index (χ3n) is 10.2. The van der Waals surface area contributed by atoms with Crippen molar-refractivity contribution in [3.63, 3.8) is 0 Å². The minimum absolute atomic E-state index is 0.119. The van der Waals surface area contributed by atoms with Crippen LogP contribution in [0.15, 0.2) is 145 Å². The van der Waals surface area contributed by atoms with Crippen molar-refractivity contribution in [3.8, 4) is 22.4 Å². The van der Waals surface area contributed by atoms with E-state index >= 15 is 0 Å². The van der Waals surface area contributed by atoms with Crippen molar-refractivity contribution in [2.24, 2.45) is 0 Å². The second kappa shape index (κ2) is 16.7. The minimum atomic E-state index is -0.639. The van der Waals surface area contributed by atoms with E-state index in [2.05, 4.69) is 15.6 Å². The minimum Gasteiger partial charge on any atom is -0.445 e. The second-order valence-electron chi connectivity index (χ2n) is 14.0. The molecule has 6 aromatic rings. The molecule has 3 heterocycles. The quantitative estimate of drug-likeness (QED) is 0.128. The van der Waals surface area contributed by atoms with Crippen LogP contribution >= 0.6 is 0 Å². The molecule has 8 rings (SSSR count). The van der Waals surface area contributed by atoms with Crippen LogP contribution in [0, 0.1) is 0 Å². The van der Waals surface area contributed by atoms with Gasteiger partial charge in [-0.15, -0.1) is 0 Å². The lowest BCUT2D eigenvalue weighted by molar-refractivity contribution is -0.120. The van der Waals surface area contributed by atoms with Crippen molar-refractivity contribution in [3.05, 3.63) is 156 Å². The largest absolute Gasteiger partial charge is 0.445 e. The summed E-state index contributed by atoms with van der Waals surface area (Å²) in [4.78, 5) is 59.3. The maximum atomic E-state index is 13.6. The van der Waals surface area contributed by atoms with Crippen LogP contribution in [0.4, 0.5) is 21.0 Å². The van der Waals surface area contributed by atoms with Gasteiger partial charge < -0.3 is 25.1 Å². The van der Waals surface area contributed by atoms with Crippen LogP contribution in [-0.4, -0.2) is 57.9 Å². The normalized spacial score (nSPS) is 14.9. The first kappa shape index (κ1) is 36.8. The molecule has 0 bridgehead atoms. The van der Waals surface area contributed by atoms with Gasteiger partial charge in [-0.2, -0.15) is 0 Å². The number of amides is 4. The third kappa shape index (κ3) is 8.28. The number of hydrogen-bond donors (Lipinski definition) is 3. The number of benzene rings is 5. The summed E-state index contributed by atoms with van der Waals surface area (Å²) in [7, 11) is 0. The molecule has 0 aliphatic carbocycles. The van der Waals surface area contributed by atoms with Crippen LogP contribution in [0.1, 0.15) is 30.4 Å². The van der Waals surface area contributed by atoms with Gasteiger partial charge in [-0.3, -0.25) is 19.4 Å². The van der Waals surface area contributed by atoms with Gasteiger partial charge in [-0.25, -0.2) is 9.59 Å². The van der Waals surface area contributed by atoms with Gasteiger partial charge in [0.05, 0.1) is 5.69 Å². The number of nitrogens with zero attached hydrogens (tertiary/aromatic N) is 2. The number of rotatable bonds is 10. The molecule has 286 valence electrons. The number of anilines is 2. The van der Waals surface area contributed by atoms with Crippen LogP contribution < -0.4 is 10.6 Å². The molecule has 2 aliphatic heterocycles. The molecule has 5 aromatic carbocycles. The van der Waals surface area contributed by atoms with Gasteiger partial charge in [0, 0.05) is 40.9 Å². The Balaban J connectivity index is 0.972. The lowest BCUT2D eigenvalue weighted by Crippen LogP contribution is -2.43. The number of aromatic nitrogens is 1. The smallest absolute Gasteiger partial charge is 0.414 e. The highest BCUT2D eigenvalue weighted by molar-refractivity contribution is 6.08. The van der Waals surface area contributed by atoms with E-state index in [0.717, 1.165) is 44.4 Å². The molecule has 0 unspecified atom stereocenters. The van der Waals surface area contributed by atoms with Crippen molar-refractivity contribution in [2.75, 3.05) is 23.7 Å². The van der Waals surface area contributed by atoms with Gasteiger partial charge >= 0.3 is 12.2 Å². The van der Waals surface area contributed by atoms with E-state index in [1.165, 1.54) is 9.80 Å². The zero-order valence-corrected chi connectivity index (χ0v) is 31.2. The average Bonchev–Trinajstić information content (AvgIpc) is 4.03. The Morgan fingerprint density at radius 2 is 1.30 bits per heavy atom. The first-order valence-electron chi connectivity index (χ1n) is 19.0. The highest BCUT2D eigenvalue weighted by atomic mass is 16.6. The molecular weight excluding hydrogens is 719 g/mol. The fourth-order valence-corrected chi connectivity index (χ4v) is 7.35. The van der Waals surface area contributed by atoms with E-state index < -0.39 is 24.1 Å². The molecule has 1 atom stereocenters. The monoisotopic (exact) mass is 759 g/mol. The fourth-order valence-electron chi connectivity index (χ4n) is 7.35. The molecule has 4 amide bonds. The third-order valence-corrected chi connectivity index (χ3v) is 10.2. The van der Waals surface area contributed by atoms with Crippen LogP contribution in [0.5, 0.6) is 0 Å². The summed E-state index contributed by atoms with van der Waals surface area (Å²) in [6, 6.07) is 41.4. The van der Waals surface area contributed by atoms with E-state index in [-0.39, 0.29) is 24.8 Å². The molecule has 1 fully saturated rings. The van der Waals surface area contributed by atoms with Crippen LogP contribution in [0.3, 0.4) is 0 Å². The number of carbonyl (C=O) groups is 4. The Bertz CT molecular complexity index is 2430. The summed E-state index contributed by atoms with van der Waals surface area (Å²) in [6.07, 6.45) is 2.48. The molecule has 11 nitrogen and oxygen atoms in total. The highest BCUT2D eigenvalue weighted by Crippen LogP contribution is 2.40. The van der Waals surface area contributed by atoms with E-state index in [1.54, 1.807) is 6.08 Å². The van der Waals surface area contributed by atoms with Crippen LogP contribution in [-0.2, 0) is 32.3 Å². The Morgan fingerprint density at radius 3 is 1.98 bits per heavy atom. The number of nitrogens with one attached hydrogen (secondary N) is 3. The van der Waals surface area contributed by atoms with Gasteiger partial charge in [0.25, 0.3) is 5.91 Å². The summed E-state index contributed by atoms with van der Waals surface area (Å²) in [5, 5.41) is 6.89. The molecule has 0 spiro atoms. The number of ether oxygens (including phenoxy) is 2. The van der Waals surface area contributed by atoms with E-state index in [1.807, 2.05) is 133 Å². The number of aromatic amines is 1. The number of fused-ring (bicyclic) bond motifs is 1. The Labute approximate surface area is 329 Å². The number of carbonyl (C=O) groups excluding carboxylic acids is 4. The molecule has 11 heteroatoms.